The first-order valence-electron chi connectivity index (χ1n) is 8.04. The molecule has 0 aliphatic carbocycles. The molecule has 0 aliphatic heterocycles. The highest BCUT2D eigenvalue weighted by Gasteiger charge is 2.15. The zero-order valence-corrected chi connectivity index (χ0v) is 14.7. The summed E-state index contributed by atoms with van der Waals surface area (Å²) in [4.78, 5) is 24.6. The maximum Gasteiger partial charge on any atom is 0.312 e. The van der Waals surface area contributed by atoms with Crippen LogP contribution in [0.2, 0.25) is 0 Å². The van der Waals surface area contributed by atoms with Gasteiger partial charge in [0, 0.05) is 19.5 Å². The molecule has 1 aromatic carbocycles. The lowest BCUT2D eigenvalue weighted by atomic mass is 10.1. The Morgan fingerprint density at radius 3 is 2.62 bits per heavy atom. The quantitative estimate of drug-likeness (QED) is 0.560. The molecule has 0 saturated heterocycles. The van der Waals surface area contributed by atoms with Crippen molar-refractivity contribution in [2.24, 2.45) is 5.73 Å². The van der Waals surface area contributed by atoms with E-state index in [-0.39, 0.29) is 11.9 Å². The average molecular weight is 336 g/mol. The first kappa shape index (κ1) is 19.8. The van der Waals surface area contributed by atoms with Crippen molar-refractivity contribution in [3.05, 3.63) is 29.8 Å². The molecule has 0 fully saturated rings. The van der Waals surface area contributed by atoms with Gasteiger partial charge in [-0.2, -0.15) is 0 Å². The SMILES string of the molecule is COc1cccc(C(CNC(=O)CCCCNC(N)=O)N(C)C)c1. The predicted molar refractivity (Wildman–Crippen MR) is 93.9 cm³/mol. The van der Waals surface area contributed by atoms with Gasteiger partial charge in [0.25, 0.3) is 0 Å². The van der Waals surface area contributed by atoms with Crippen molar-refractivity contribution in [3.63, 3.8) is 0 Å². The molecule has 7 nitrogen and oxygen atoms in total. The van der Waals surface area contributed by atoms with E-state index in [0.717, 1.165) is 17.7 Å². The highest BCUT2D eigenvalue weighted by atomic mass is 16.5. The second kappa shape index (κ2) is 10.5. The van der Waals surface area contributed by atoms with Crippen LogP contribution in [0.5, 0.6) is 5.75 Å². The zero-order chi connectivity index (χ0) is 17.9. The second-order valence-electron chi connectivity index (χ2n) is 5.81. The number of benzene rings is 1. The van der Waals surface area contributed by atoms with Gasteiger partial charge >= 0.3 is 6.03 Å². The number of likely N-dealkylation sites (N-methyl/N-ethyl adjacent to an activating group) is 1. The van der Waals surface area contributed by atoms with Gasteiger partial charge in [-0.1, -0.05) is 12.1 Å². The van der Waals surface area contributed by atoms with E-state index in [1.54, 1.807) is 7.11 Å². The van der Waals surface area contributed by atoms with E-state index in [4.69, 9.17) is 10.5 Å². The van der Waals surface area contributed by atoms with Crippen LogP contribution in [0.15, 0.2) is 24.3 Å². The van der Waals surface area contributed by atoms with Gasteiger partial charge < -0.3 is 26.0 Å². The van der Waals surface area contributed by atoms with E-state index in [2.05, 4.69) is 15.5 Å². The molecule has 0 aromatic heterocycles. The van der Waals surface area contributed by atoms with E-state index in [9.17, 15) is 9.59 Å². The van der Waals surface area contributed by atoms with Crippen molar-refractivity contribution in [1.82, 2.24) is 15.5 Å². The summed E-state index contributed by atoms with van der Waals surface area (Å²) in [6.07, 6.45) is 1.86. The first-order valence-corrected chi connectivity index (χ1v) is 8.04. The molecular weight excluding hydrogens is 308 g/mol. The third-order valence-corrected chi connectivity index (χ3v) is 3.72. The minimum atomic E-state index is -0.536. The smallest absolute Gasteiger partial charge is 0.312 e. The van der Waals surface area contributed by atoms with Crippen LogP contribution in [0.3, 0.4) is 0 Å². The molecular formula is C17H28N4O3. The largest absolute Gasteiger partial charge is 0.497 e. The second-order valence-corrected chi connectivity index (χ2v) is 5.81. The number of unbranched alkanes of at least 4 members (excludes halogenated alkanes) is 1. The Morgan fingerprint density at radius 2 is 2.00 bits per heavy atom. The normalized spacial score (nSPS) is 11.8. The number of primary amides is 1. The molecule has 134 valence electrons. The van der Waals surface area contributed by atoms with Gasteiger partial charge in [-0.25, -0.2) is 4.79 Å². The number of ether oxygens (including phenoxy) is 1. The zero-order valence-electron chi connectivity index (χ0n) is 14.7. The van der Waals surface area contributed by atoms with Crippen LogP contribution in [0.1, 0.15) is 30.9 Å². The van der Waals surface area contributed by atoms with Crippen LogP contribution < -0.4 is 21.1 Å². The monoisotopic (exact) mass is 336 g/mol. The van der Waals surface area contributed by atoms with Gasteiger partial charge in [0.05, 0.1) is 13.2 Å². The standard InChI is InChI=1S/C17H28N4O3/c1-21(2)15(13-7-6-8-14(11-13)24-3)12-20-16(22)9-4-5-10-19-17(18)23/h6-8,11,15H,4-5,9-10,12H2,1-3H3,(H,20,22)(H3,18,19,23). The van der Waals surface area contributed by atoms with Gasteiger partial charge in [0.15, 0.2) is 0 Å². The molecule has 1 aromatic rings. The lowest BCUT2D eigenvalue weighted by molar-refractivity contribution is -0.121. The number of carbonyl (C=O) groups excluding carboxylic acids is 2. The average Bonchev–Trinajstić information content (AvgIpc) is 2.54. The Balaban J connectivity index is 2.43. The molecule has 0 radical (unpaired) electrons. The summed E-state index contributed by atoms with van der Waals surface area (Å²) in [5, 5.41) is 5.47. The molecule has 0 saturated carbocycles. The van der Waals surface area contributed by atoms with E-state index in [0.29, 0.717) is 25.9 Å². The number of urea groups is 1. The topological polar surface area (TPSA) is 96.7 Å². The fourth-order valence-corrected chi connectivity index (χ4v) is 2.37. The van der Waals surface area contributed by atoms with Crippen LogP contribution >= 0.6 is 0 Å². The molecule has 1 unspecified atom stereocenters. The number of hydrogen-bond acceptors (Lipinski definition) is 4. The van der Waals surface area contributed by atoms with Crippen LogP contribution in [-0.2, 0) is 4.79 Å². The van der Waals surface area contributed by atoms with Gasteiger partial charge in [-0.3, -0.25) is 4.79 Å². The van der Waals surface area contributed by atoms with Crippen molar-refractivity contribution in [2.75, 3.05) is 34.3 Å². The maximum absolute atomic E-state index is 12.0. The van der Waals surface area contributed by atoms with Crippen molar-refractivity contribution < 1.29 is 14.3 Å². The molecule has 1 rings (SSSR count). The number of rotatable bonds is 10. The van der Waals surface area contributed by atoms with Crippen LogP contribution in [0.25, 0.3) is 0 Å². The predicted octanol–water partition coefficient (Wildman–Crippen LogP) is 1.25. The van der Waals surface area contributed by atoms with Crippen LogP contribution in [0.4, 0.5) is 4.79 Å². The van der Waals surface area contributed by atoms with E-state index >= 15 is 0 Å². The van der Waals surface area contributed by atoms with Crippen molar-refractivity contribution in [3.8, 4) is 5.75 Å². The number of amides is 3. The lowest BCUT2D eigenvalue weighted by Gasteiger charge is -2.25. The minimum Gasteiger partial charge on any atom is -0.497 e. The van der Waals surface area contributed by atoms with Crippen LogP contribution in [-0.4, -0.2) is 51.1 Å². The fourth-order valence-electron chi connectivity index (χ4n) is 2.37. The molecule has 3 amide bonds. The number of methoxy groups -OCH3 is 1. The molecule has 0 spiro atoms. The van der Waals surface area contributed by atoms with Crippen molar-refractivity contribution >= 4 is 11.9 Å². The molecule has 0 bridgehead atoms. The van der Waals surface area contributed by atoms with Gasteiger partial charge in [0.2, 0.25) is 5.91 Å². The summed E-state index contributed by atoms with van der Waals surface area (Å²) in [6.45, 7) is 1.02. The van der Waals surface area contributed by atoms with Crippen molar-refractivity contribution in [1.29, 1.82) is 0 Å². The molecule has 0 heterocycles. The molecule has 7 heteroatoms. The summed E-state index contributed by atoms with van der Waals surface area (Å²) in [6, 6.07) is 7.38. The van der Waals surface area contributed by atoms with Gasteiger partial charge in [-0.05, 0) is 44.6 Å². The van der Waals surface area contributed by atoms with Gasteiger partial charge in [0.1, 0.15) is 5.75 Å². The Labute approximate surface area is 143 Å². The summed E-state index contributed by atoms with van der Waals surface area (Å²) in [5.41, 5.74) is 6.07. The number of nitrogens with two attached hydrogens (primary N) is 1. The van der Waals surface area contributed by atoms with Crippen molar-refractivity contribution in [2.45, 2.75) is 25.3 Å². The van der Waals surface area contributed by atoms with E-state index in [1.165, 1.54) is 0 Å². The minimum absolute atomic E-state index is 0.00354. The fraction of sp³-hybridized carbons (Fsp3) is 0.529. The van der Waals surface area contributed by atoms with E-state index in [1.807, 2.05) is 38.4 Å². The molecule has 0 aliphatic rings. The summed E-state index contributed by atoms with van der Waals surface area (Å²) in [5.74, 6) is 0.802. The molecule has 24 heavy (non-hydrogen) atoms. The number of hydrogen-bond donors (Lipinski definition) is 3. The number of carbonyl (C=O) groups is 2. The third kappa shape index (κ3) is 7.32. The Morgan fingerprint density at radius 1 is 1.25 bits per heavy atom. The molecule has 1 atom stereocenters. The Kier molecular flexibility index (Phi) is 8.64. The summed E-state index contributed by atoms with van der Waals surface area (Å²) in [7, 11) is 5.59. The summed E-state index contributed by atoms with van der Waals surface area (Å²) >= 11 is 0. The Hall–Kier alpha value is -2.28. The maximum atomic E-state index is 12.0. The van der Waals surface area contributed by atoms with Gasteiger partial charge in [-0.15, -0.1) is 0 Å². The van der Waals surface area contributed by atoms with Crippen LogP contribution in [0, 0.1) is 0 Å². The Bertz CT molecular complexity index is 534. The highest BCUT2D eigenvalue weighted by Crippen LogP contribution is 2.22. The first-order chi connectivity index (χ1) is 11.4. The number of nitrogens with zero attached hydrogens (tertiary/aromatic N) is 1. The lowest BCUT2D eigenvalue weighted by Crippen LogP contribution is -2.34. The number of nitrogens with one attached hydrogen (secondary N) is 2. The van der Waals surface area contributed by atoms with E-state index < -0.39 is 6.03 Å². The molecule has 4 N–H and O–H groups in total. The highest BCUT2D eigenvalue weighted by molar-refractivity contribution is 5.75. The summed E-state index contributed by atoms with van der Waals surface area (Å²) < 4.78 is 5.26. The third-order valence-electron chi connectivity index (χ3n) is 3.72.